The summed E-state index contributed by atoms with van der Waals surface area (Å²) in [6.45, 7) is 1.89. The standard InChI is InChI=1S/C15H21N3O3/c1-21-9-8-18(11-13-4-2-3-7-16-13)15(20)12-5-6-14(19)17-10-12/h2-4,7,12H,5-6,8-11H2,1H3,(H,17,19). The van der Waals surface area contributed by atoms with E-state index in [1.54, 1.807) is 18.2 Å². The highest BCUT2D eigenvalue weighted by atomic mass is 16.5. The van der Waals surface area contributed by atoms with Crippen molar-refractivity contribution in [1.82, 2.24) is 15.2 Å². The zero-order valence-corrected chi connectivity index (χ0v) is 12.2. The van der Waals surface area contributed by atoms with Gasteiger partial charge in [0.2, 0.25) is 11.8 Å². The Balaban J connectivity index is 2.00. The number of rotatable bonds is 6. The minimum atomic E-state index is -0.150. The van der Waals surface area contributed by atoms with Gasteiger partial charge < -0.3 is 15.0 Å². The first kappa shape index (κ1) is 15.4. The highest BCUT2D eigenvalue weighted by Crippen LogP contribution is 2.15. The van der Waals surface area contributed by atoms with E-state index in [0.717, 1.165) is 5.69 Å². The number of hydrogen-bond donors (Lipinski definition) is 1. The summed E-state index contributed by atoms with van der Waals surface area (Å²) in [6, 6.07) is 5.65. The fourth-order valence-electron chi connectivity index (χ4n) is 2.36. The number of carbonyl (C=O) groups excluding carboxylic acids is 2. The normalized spacial score (nSPS) is 18.1. The van der Waals surface area contributed by atoms with E-state index in [1.807, 2.05) is 18.2 Å². The van der Waals surface area contributed by atoms with Gasteiger partial charge in [0.15, 0.2) is 0 Å². The van der Waals surface area contributed by atoms with Gasteiger partial charge in [0.25, 0.3) is 0 Å². The number of ether oxygens (including phenoxy) is 1. The van der Waals surface area contributed by atoms with E-state index in [-0.39, 0.29) is 17.7 Å². The minimum Gasteiger partial charge on any atom is -0.383 e. The summed E-state index contributed by atoms with van der Waals surface area (Å²) >= 11 is 0. The third-order valence-corrected chi connectivity index (χ3v) is 3.57. The Kier molecular flexibility index (Phi) is 5.68. The number of nitrogens with one attached hydrogen (secondary N) is 1. The third kappa shape index (κ3) is 4.53. The number of nitrogens with zero attached hydrogens (tertiary/aromatic N) is 2. The number of aromatic nitrogens is 1. The van der Waals surface area contributed by atoms with Gasteiger partial charge in [0.1, 0.15) is 0 Å². The van der Waals surface area contributed by atoms with Gasteiger partial charge in [-0.2, -0.15) is 0 Å². The zero-order valence-electron chi connectivity index (χ0n) is 12.2. The van der Waals surface area contributed by atoms with Crippen LogP contribution in [0.15, 0.2) is 24.4 Å². The highest BCUT2D eigenvalue weighted by Gasteiger charge is 2.28. The smallest absolute Gasteiger partial charge is 0.227 e. The van der Waals surface area contributed by atoms with Crippen molar-refractivity contribution in [2.45, 2.75) is 19.4 Å². The molecule has 2 amide bonds. The zero-order chi connectivity index (χ0) is 15.1. The van der Waals surface area contributed by atoms with Crippen LogP contribution in [-0.2, 0) is 20.9 Å². The topological polar surface area (TPSA) is 71.5 Å². The molecule has 1 aliphatic rings. The molecule has 1 N–H and O–H groups in total. The number of amides is 2. The third-order valence-electron chi connectivity index (χ3n) is 3.57. The van der Waals surface area contributed by atoms with Gasteiger partial charge in [-0.05, 0) is 18.6 Å². The molecule has 1 aromatic rings. The first-order valence-corrected chi connectivity index (χ1v) is 7.15. The second kappa shape index (κ2) is 7.73. The van der Waals surface area contributed by atoms with Crippen LogP contribution in [0.1, 0.15) is 18.5 Å². The van der Waals surface area contributed by atoms with E-state index in [9.17, 15) is 9.59 Å². The van der Waals surface area contributed by atoms with Gasteiger partial charge in [-0.25, -0.2) is 0 Å². The fourth-order valence-corrected chi connectivity index (χ4v) is 2.36. The average molecular weight is 291 g/mol. The van der Waals surface area contributed by atoms with Crippen molar-refractivity contribution in [2.24, 2.45) is 5.92 Å². The summed E-state index contributed by atoms with van der Waals surface area (Å²) in [5.41, 5.74) is 0.849. The summed E-state index contributed by atoms with van der Waals surface area (Å²) in [4.78, 5) is 29.8. The monoisotopic (exact) mass is 291 g/mol. The van der Waals surface area contributed by atoms with Crippen LogP contribution in [0.4, 0.5) is 0 Å². The van der Waals surface area contributed by atoms with Crippen molar-refractivity contribution in [3.05, 3.63) is 30.1 Å². The number of carbonyl (C=O) groups is 2. The first-order chi connectivity index (χ1) is 10.2. The maximum atomic E-state index is 12.6. The molecule has 2 heterocycles. The molecule has 1 unspecified atom stereocenters. The largest absolute Gasteiger partial charge is 0.383 e. The molecular formula is C15H21N3O3. The molecule has 1 fully saturated rings. The van der Waals surface area contributed by atoms with Crippen molar-refractivity contribution in [3.63, 3.8) is 0 Å². The van der Waals surface area contributed by atoms with Crippen LogP contribution in [0.5, 0.6) is 0 Å². The number of methoxy groups -OCH3 is 1. The molecule has 1 saturated heterocycles. The molecule has 0 aliphatic carbocycles. The molecule has 0 radical (unpaired) electrons. The van der Waals surface area contributed by atoms with E-state index in [2.05, 4.69) is 10.3 Å². The van der Waals surface area contributed by atoms with Crippen LogP contribution >= 0.6 is 0 Å². The summed E-state index contributed by atoms with van der Waals surface area (Å²) < 4.78 is 5.08. The lowest BCUT2D eigenvalue weighted by molar-refractivity contribution is -0.138. The Labute approximate surface area is 124 Å². The maximum absolute atomic E-state index is 12.6. The first-order valence-electron chi connectivity index (χ1n) is 7.15. The minimum absolute atomic E-state index is 0.0206. The molecule has 0 bridgehead atoms. The molecule has 0 aromatic carbocycles. The van der Waals surface area contributed by atoms with Crippen LogP contribution in [-0.4, -0.2) is 48.5 Å². The van der Waals surface area contributed by atoms with Gasteiger partial charge in [0.05, 0.1) is 24.8 Å². The summed E-state index contributed by atoms with van der Waals surface area (Å²) in [5.74, 6) is -0.0758. The quantitative estimate of drug-likeness (QED) is 0.832. The van der Waals surface area contributed by atoms with Crippen molar-refractivity contribution in [1.29, 1.82) is 0 Å². The molecular weight excluding hydrogens is 270 g/mol. The Morgan fingerprint density at radius 1 is 1.52 bits per heavy atom. The maximum Gasteiger partial charge on any atom is 0.227 e. The molecule has 1 aromatic heterocycles. The van der Waals surface area contributed by atoms with Gasteiger partial charge in [0, 0.05) is 32.8 Å². The molecule has 114 valence electrons. The lowest BCUT2D eigenvalue weighted by Gasteiger charge is -2.29. The Morgan fingerprint density at radius 3 is 3.00 bits per heavy atom. The molecule has 6 nitrogen and oxygen atoms in total. The highest BCUT2D eigenvalue weighted by molar-refractivity contribution is 5.83. The van der Waals surface area contributed by atoms with E-state index >= 15 is 0 Å². The van der Waals surface area contributed by atoms with E-state index in [0.29, 0.717) is 39.1 Å². The van der Waals surface area contributed by atoms with Crippen LogP contribution in [0, 0.1) is 5.92 Å². The molecule has 1 atom stereocenters. The molecule has 0 saturated carbocycles. The summed E-state index contributed by atoms with van der Waals surface area (Å²) in [6.07, 6.45) is 2.74. The number of pyridine rings is 1. The van der Waals surface area contributed by atoms with E-state index < -0.39 is 0 Å². The SMILES string of the molecule is COCCN(Cc1ccccn1)C(=O)C1CCC(=O)NC1. The average Bonchev–Trinajstić information content (AvgIpc) is 2.52. The number of hydrogen-bond acceptors (Lipinski definition) is 4. The van der Waals surface area contributed by atoms with Gasteiger partial charge >= 0.3 is 0 Å². The summed E-state index contributed by atoms with van der Waals surface area (Å²) in [7, 11) is 1.62. The van der Waals surface area contributed by atoms with Crippen molar-refractivity contribution in [3.8, 4) is 0 Å². The number of piperidine rings is 1. The Hall–Kier alpha value is -1.95. The van der Waals surface area contributed by atoms with Crippen molar-refractivity contribution in [2.75, 3.05) is 26.8 Å². The predicted molar refractivity (Wildman–Crippen MR) is 77.3 cm³/mol. The van der Waals surface area contributed by atoms with Crippen molar-refractivity contribution < 1.29 is 14.3 Å². The van der Waals surface area contributed by atoms with Crippen LogP contribution in [0.25, 0.3) is 0 Å². The molecule has 0 spiro atoms. The van der Waals surface area contributed by atoms with Gasteiger partial charge in [-0.1, -0.05) is 6.07 Å². The molecule has 21 heavy (non-hydrogen) atoms. The van der Waals surface area contributed by atoms with Crippen LogP contribution in [0.2, 0.25) is 0 Å². The fraction of sp³-hybridized carbons (Fsp3) is 0.533. The second-order valence-corrected chi connectivity index (χ2v) is 5.11. The molecule has 6 heteroatoms. The lowest BCUT2D eigenvalue weighted by atomic mass is 9.97. The van der Waals surface area contributed by atoms with E-state index in [1.165, 1.54) is 0 Å². The molecule has 2 rings (SSSR count). The lowest BCUT2D eigenvalue weighted by Crippen LogP contribution is -2.45. The second-order valence-electron chi connectivity index (χ2n) is 5.11. The van der Waals surface area contributed by atoms with E-state index in [4.69, 9.17) is 4.74 Å². The summed E-state index contributed by atoms with van der Waals surface area (Å²) in [5, 5.41) is 2.75. The van der Waals surface area contributed by atoms with Gasteiger partial charge in [-0.3, -0.25) is 14.6 Å². The van der Waals surface area contributed by atoms with Crippen LogP contribution in [0.3, 0.4) is 0 Å². The Bertz CT molecular complexity index is 468. The Morgan fingerprint density at radius 2 is 2.38 bits per heavy atom. The van der Waals surface area contributed by atoms with Gasteiger partial charge in [-0.15, -0.1) is 0 Å². The van der Waals surface area contributed by atoms with Crippen LogP contribution < -0.4 is 5.32 Å². The van der Waals surface area contributed by atoms with Crippen molar-refractivity contribution >= 4 is 11.8 Å². The molecule has 1 aliphatic heterocycles. The predicted octanol–water partition coefficient (Wildman–Crippen LogP) is 0.583.